The number of anilines is 1. The molecule has 17 heavy (non-hydrogen) atoms. The van der Waals surface area contributed by atoms with Crippen molar-refractivity contribution in [3.05, 3.63) is 12.0 Å². The van der Waals surface area contributed by atoms with Crippen LogP contribution in [0.3, 0.4) is 0 Å². The Morgan fingerprint density at radius 1 is 1.65 bits per heavy atom. The van der Waals surface area contributed by atoms with E-state index in [0.717, 1.165) is 5.69 Å². The number of hydrogen-bond donors (Lipinski definition) is 1. The molecule has 1 aromatic heterocycles. The minimum atomic E-state index is -2.88. The molecule has 1 atom stereocenters. The quantitative estimate of drug-likeness (QED) is 0.821. The molecule has 1 aliphatic heterocycles. The molecule has 1 aromatic rings. The zero-order valence-corrected chi connectivity index (χ0v) is 10.8. The Hall–Kier alpha value is -1.08. The van der Waals surface area contributed by atoms with Crippen molar-refractivity contribution < 1.29 is 12.8 Å². The molecule has 1 unspecified atom stereocenters. The first kappa shape index (κ1) is 12.4. The Bertz CT molecular complexity index is 483. The maximum atomic E-state index is 11.4. The number of oxazole rings is 1. The number of aromatic nitrogens is 1. The van der Waals surface area contributed by atoms with Crippen LogP contribution in [0.1, 0.15) is 12.1 Å². The summed E-state index contributed by atoms with van der Waals surface area (Å²) in [5.74, 6) is 0.444. The zero-order chi connectivity index (χ0) is 12.5. The minimum absolute atomic E-state index is 0.0268. The van der Waals surface area contributed by atoms with Gasteiger partial charge in [0.15, 0.2) is 9.84 Å². The Kier molecular flexibility index (Phi) is 3.39. The van der Waals surface area contributed by atoms with E-state index < -0.39 is 9.84 Å². The lowest BCUT2D eigenvalue weighted by atomic mass is 10.2. The number of rotatable bonds is 4. The summed E-state index contributed by atoms with van der Waals surface area (Å²) in [6.07, 6.45) is 2.23. The fourth-order valence-corrected chi connectivity index (χ4v) is 3.73. The normalized spacial score (nSPS) is 22.8. The number of nitrogens with zero attached hydrogens (tertiary/aromatic N) is 2. The summed E-state index contributed by atoms with van der Waals surface area (Å²) in [5.41, 5.74) is 0.815. The summed E-state index contributed by atoms with van der Waals surface area (Å²) in [6, 6.07) is 0.457. The van der Waals surface area contributed by atoms with Crippen LogP contribution in [0, 0.1) is 0 Å². The first-order valence-electron chi connectivity index (χ1n) is 5.54. The van der Waals surface area contributed by atoms with Crippen molar-refractivity contribution >= 4 is 15.9 Å². The minimum Gasteiger partial charge on any atom is -0.432 e. The van der Waals surface area contributed by atoms with Gasteiger partial charge in [-0.25, -0.2) is 8.42 Å². The van der Waals surface area contributed by atoms with Gasteiger partial charge in [-0.1, -0.05) is 0 Å². The van der Waals surface area contributed by atoms with Crippen LogP contribution in [0.4, 0.5) is 6.01 Å². The molecule has 6 nitrogen and oxygen atoms in total. The Morgan fingerprint density at radius 2 is 2.41 bits per heavy atom. The van der Waals surface area contributed by atoms with Crippen molar-refractivity contribution in [2.24, 2.45) is 0 Å². The maximum Gasteiger partial charge on any atom is 0.297 e. The van der Waals surface area contributed by atoms with Crippen molar-refractivity contribution in [2.75, 3.05) is 30.5 Å². The van der Waals surface area contributed by atoms with E-state index in [0.29, 0.717) is 19.0 Å². The summed E-state index contributed by atoms with van der Waals surface area (Å²) in [4.78, 5) is 6.10. The fourth-order valence-electron chi connectivity index (χ4n) is 1.96. The number of hydrogen-bond acceptors (Lipinski definition) is 6. The second-order valence-electron chi connectivity index (χ2n) is 4.32. The van der Waals surface area contributed by atoms with Crippen molar-refractivity contribution in [1.29, 1.82) is 0 Å². The molecule has 7 heteroatoms. The van der Waals surface area contributed by atoms with E-state index in [4.69, 9.17) is 4.42 Å². The largest absolute Gasteiger partial charge is 0.432 e. The van der Waals surface area contributed by atoms with Crippen LogP contribution in [0.2, 0.25) is 0 Å². The molecule has 0 saturated carbocycles. The van der Waals surface area contributed by atoms with Crippen LogP contribution in [0.5, 0.6) is 0 Å². The molecular formula is C10H17N3O3S. The van der Waals surface area contributed by atoms with Gasteiger partial charge in [0, 0.05) is 19.6 Å². The molecule has 96 valence electrons. The Labute approximate surface area is 101 Å². The fraction of sp³-hybridized carbons (Fsp3) is 0.700. The predicted molar refractivity (Wildman–Crippen MR) is 64.7 cm³/mol. The summed E-state index contributed by atoms with van der Waals surface area (Å²) in [7, 11) is 0.780. The van der Waals surface area contributed by atoms with Crippen molar-refractivity contribution in [1.82, 2.24) is 10.3 Å². The Morgan fingerprint density at radius 3 is 3.00 bits per heavy atom. The summed E-state index contributed by atoms with van der Waals surface area (Å²) in [6.45, 7) is 0.639. The van der Waals surface area contributed by atoms with Gasteiger partial charge in [-0.05, 0) is 13.5 Å². The van der Waals surface area contributed by atoms with Gasteiger partial charge in [-0.3, -0.25) is 0 Å². The van der Waals surface area contributed by atoms with Gasteiger partial charge in [-0.15, -0.1) is 0 Å². The van der Waals surface area contributed by atoms with E-state index in [2.05, 4.69) is 10.3 Å². The van der Waals surface area contributed by atoms with Crippen LogP contribution in [-0.2, 0) is 16.4 Å². The molecule has 0 bridgehead atoms. The molecule has 1 fully saturated rings. The van der Waals surface area contributed by atoms with E-state index in [1.54, 1.807) is 6.26 Å². The second kappa shape index (κ2) is 4.66. The van der Waals surface area contributed by atoms with E-state index >= 15 is 0 Å². The lowest BCUT2D eigenvalue weighted by Gasteiger charge is -2.20. The monoisotopic (exact) mass is 259 g/mol. The number of sulfone groups is 1. The molecule has 0 radical (unpaired) electrons. The molecule has 0 aromatic carbocycles. The van der Waals surface area contributed by atoms with Gasteiger partial charge in [0.2, 0.25) is 0 Å². The van der Waals surface area contributed by atoms with E-state index in [1.807, 2.05) is 19.0 Å². The molecule has 1 saturated heterocycles. The molecule has 1 aliphatic rings. The summed E-state index contributed by atoms with van der Waals surface area (Å²) in [5, 5.41) is 2.98. The van der Waals surface area contributed by atoms with Crippen LogP contribution >= 0.6 is 0 Å². The highest BCUT2D eigenvalue weighted by atomic mass is 32.2. The zero-order valence-electron chi connectivity index (χ0n) is 10.0. The molecule has 0 amide bonds. The highest BCUT2D eigenvalue weighted by Gasteiger charge is 2.32. The lowest BCUT2D eigenvalue weighted by Crippen LogP contribution is -2.32. The topological polar surface area (TPSA) is 75.4 Å². The molecule has 1 N–H and O–H groups in total. The van der Waals surface area contributed by atoms with E-state index in [1.165, 1.54) is 0 Å². The van der Waals surface area contributed by atoms with E-state index in [-0.39, 0.29) is 17.5 Å². The van der Waals surface area contributed by atoms with Gasteiger partial charge in [0.1, 0.15) is 6.26 Å². The molecule has 2 heterocycles. The van der Waals surface area contributed by atoms with Crippen LogP contribution in [0.15, 0.2) is 10.7 Å². The van der Waals surface area contributed by atoms with Crippen LogP contribution < -0.4 is 10.2 Å². The summed E-state index contributed by atoms with van der Waals surface area (Å²) < 4.78 is 28.1. The standard InChI is InChI=1S/C10H17N3O3S/c1-11-5-8-6-16-10(12-8)13(2)9-3-4-17(14,15)7-9/h6,9,11H,3-5,7H2,1-2H3. The van der Waals surface area contributed by atoms with Crippen LogP contribution in [0.25, 0.3) is 0 Å². The first-order valence-corrected chi connectivity index (χ1v) is 7.36. The van der Waals surface area contributed by atoms with E-state index in [9.17, 15) is 8.42 Å². The highest BCUT2D eigenvalue weighted by molar-refractivity contribution is 7.91. The lowest BCUT2D eigenvalue weighted by molar-refractivity contribution is 0.521. The average Bonchev–Trinajstić information content (AvgIpc) is 2.85. The van der Waals surface area contributed by atoms with Gasteiger partial charge in [-0.2, -0.15) is 4.98 Å². The van der Waals surface area contributed by atoms with Gasteiger partial charge in [0.25, 0.3) is 6.01 Å². The highest BCUT2D eigenvalue weighted by Crippen LogP contribution is 2.22. The second-order valence-corrected chi connectivity index (χ2v) is 6.55. The molecule has 0 aliphatic carbocycles. The van der Waals surface area contributed by atoms with Crippen molar-refractivity contribution in [3.63, 3.8) is 0 Å². The third-order valence-corrected chi connectivity index (χ3v) is 4.71. The summed E-state index contributed by atoms with van der Waals surface area (Å²) >= 11 is 0. The smallest absolute Gasteiger partial charge is 0.297 e. The molecule has 0 spiro atoms. The average molecular weight is 259 g/mol. The SMILES string of the molecule is CNCc1coc(N(C)C2CCS(=O)(=O)C2)n1. The predicted octanol–water partition coefficient (Wildman–Crippen LogP) is 0.0173. The van der Waals surface area contributed by atoms with Gasteiger partial charge >= 0.3 is 0 Å². The van der Waals surface area contributed by atoms with Gasteiger partial charge < -0.3 is 14.6 Å². The van der Waals surface area contributed by atoms with Crippen molar-refractivity contribution in [2.45, 2.75) is 19.0 Å². The van der Waals surface area contributed by atoms with Crippen LogP contribution in [-0.4, -0.2) is 45.0 Å². The molecule has 2 rings (SSSR count). The third kappa shape index (κ3) is 2.78. The first-order chi connectivity index (χ1) is 8.02. The maximum absolute atomic E-state index is 11.4. The van der Waals surface area contributed by atoms with Crippen molar-refractivity contribution in [3.8, 4) is 0 Å². The third-order valence-electron chi connectivity index (χ3n) is 2.96. The van der Waals surface area contributed by atoms with Gasteiger partial charge in [0.05, 0.1) is 17.2 Å². The molecular weight excluding hydrogens is 242 g/mol. The number of nitrogens with one attached hydrogen (secondary N) is 1. The Balaban J connectivity index is 2.06.